The smallest absolute Gasteiger partial charge is 0.314 e. The predicted molar refractivity (Wildman–Crippen MR) is 103 cm³/mol. The van der Waals surface area contributed by atoms with Gasteiger partial charge in [-0.05, 0) is 38.3 Å². The number of carboxylic acid groups (broad SMARTS) is 1. The Morgan fingerprint density at radius 2 is 2.07 bits per heavy atom. The number of para-hydroxylation sites is 1. The number of carbonyl (C=O) groups is 2. The Morgan fingerprint density at radius 1 is 1.33 bits per heavy atom. The molecular weight excluding hydrogens is 344 g/mol. The standard InChI is InChI=1S/C21H26N2O4/c1-4-9-21(20(26)27)12-23(10-8-17(21)24)19(25)16-11-14(3)22-18-13(2)6-5-7-15(16)18/h5-7,11,17,24H,4,8-10,12H2,1-3H3,(H,26,27)/t17-,21+/m0/s1. The number of pyridine rings is 1. The van der Waals surface area contributed by atoms with E-state index in [0.29, 0.717) is 24.9 Å². The maximum Gasteiger partial charge on any atom is 0.314 e. The molecule has 1 aromatic carbocycles. The Balaban J connectivity index is 2.03. The molecule has 0 aliphatic carbocycles. The van der Waals surface area contributed by atoms with Crippen LogP contribution in [0.3, 0.4) is 0 Å². The number of aliphatic hydroxyl groups excluding tert-OH is 1. The monoisotopic (exact) mass is 370 g/mol. The lowest BCUT2D eigenvalue weighted by Crippen LogP contribution is -2.57. The number of likely N-dealkylation sites (tertiary alicyclic amines) is 1. The molecule has 2 aromatic rings. The summed E-state index contributed by atoms with van der Waals surface area (Å²) in [6.07, 6.45) is 0.279. The van der Waals surface area contributed by atoms with Gasteiger partial charge >= 0.3 is 5.97 Å². The number of nitrogens with zero attached hydrogens (tertiary/aromatic N) is 2. The van der Waals surface area contributed by atoms with Gasteiger partial charge in [0.1, 0.15) is 5.41 Å². The highest BCUT2D eigenvalue weighted by Gasteiger charge is 2.49. The molecule has 6 nitrogen and oxygen atoms in total. The van der Waals surface area contributed by atoms with Crippen LogP contribution < -0.4 is 0 Å². The molecule has 1 amide bonds. The van der Waals surface area contributed by atoms with Gasteiger partial charge in [0.25, 0.3) is 5.91 Å². The highest BCUT2D eigenvalue weighted by Crippen LogP contribution is 2.36. The van der Waals surface area contributed by atoms with Crippen molar-refractivity contribution in [3.8, 4) is 0 Å². The number of fused-ring (bicyclic) bond motifs is 1. The highest BCUT2D eigenvalue weighted by atomic mass is 16.4. The fourth-order valence-corrected chi connectivity index (χ4v) is 4.13. The molecule has 144 valence electrons. The summed E-state index contributed by atoms with van der Waals surface area (Å²) in [6, 6.07) is 7.48. The molecule has 27 heavy (non-hydrogen) atoms. The Hall–Kier alpha value is -2.47. The van der Waals surface area contributed by atoms with Gasteiger partial charge in [0.05, 0.1) is 17.2 Å². The van der Waals surface area contributed by atoms with Gasteiger partial charge < -0.3 is 15.1 Å². The summed E-state index contributed by atoms with van der Waals surface area (Å²) in [5.74, 6) is -1.24. The van der Waals surface area contributed by atoms with Gasteiger partial charge in [0.2, 0.25) is 0 Å². The van der Waals surface area contributed by atoms with E-state index >= 15 is 0 Å². The van der Waals surface area contributed by atoms with Crippen LogP contribution in [0.2, 0.25) is 0 Å². The van der Waals surface area contributed by atoms with E-state index in [0.717, 1.165) is 22.2 Å². The van der Waals surface area contributed by atoms with E-state index in [4.69, 9.17) is 0 Å². The molecular formula is C21H26N2O4. The Morgan fingerprint density at radius 3 is 2.74 bits per heavy atom. The lowest BCUT2D eigenvalue weighted by atomic mass is 9.74. The minimum absolute atomic E-state index is 0.0187. The van der Waals surface area contributed by atoms with Crippen molar-refractivity contribution >= 4 is 22.8 Å². The molecule has 1 fully saturated rings. The van der Waals surface area contributed by atoms with Gasteiger partial charge in [-0.15, -0.1) is 0 Å². The van der Waals surface area contributed by atoms with E-state index < -0.39 is 17.5 Å². The number of aryl methyl sites for hydroxylation is 2. The maximum absolute atomic E-state index is 13.3. The first-order valence-electron chi connectivity index (χ1n) is 9.38. The number of carboxylic acids is 1. The summed E-state index contributed by atoms with van der Waals surface area (Å²) >= 11 is 0. The second kappa shape index (κ2) is 7.27. The van der Waals surface area contributed by atoms with E-state index in [1.54, 1.807) is 11.0 Å². The number of piperidine rings is 1. The average molecular weight is 370 g/mol. The van der Waals surface area contributed by atoms with Crippen molar-refractivity contribution in [2.45, 2.75) is 46.1 Å². The minimum atomic E-state index is -1.31. The lowest BCUT2D eigenvalue weighted by molar-refractivity contribution is -0.162. The molecule has 0 radical (unpaired) electrons. The van der Waals surface area contributed by atoms with E-state index in [1.165, 1.54) is 0 Å². The minimum Gasteiger partial charge on any atom is -0.481 e. The largest absolute Gasteiger partial charge is 0.481 e. The third kappa shape index (κ3) is 3.30. The molecule has 2 atom stereocenters. The van der Waals surface area contributed by atoms with E-state index in [-0.39, 0.29) is 18.9 Å². The fraction of sp³-hybridized carbons (Fsp3) is 0.476. The lowest BCUT2D eigenvalue weighted by Gasteiger charge is -2.43. The molecule has 1 aromatic heterocycles. The molecule has 0 bridgehead atoms. The molecule has 0 spiro atoms. The first-order valence-corrected chi connectivity index (χ1v) is 9.38. The molecule has 1 saturated heterocycles. The molecule has 2 heterocycles. The topological polar surface area (TPSA) is 90.7 Å². The molecule has 3 rings (SSSR count). The molecule has 1 aliphatic heterocycles. The van der Waals surface area contributed by atoms with Gasteiger partial charge in [-0.2, -0.15) is 0 Å². The highest BCUT2D eigenvalue weighted by molar-refractivity contribution is 6.07. The van der Waals surface area contributed by atoms with E-state index in [1.807, 2.05) is 39.0 Å². The van der Waals surface area contributed by atoms with Crippen molar-refractivity contribution in [2.24, 2.45) is 5.41 Å². The van der Waals surface area contributed by atoms with Crippen molar-refractivity contribution in [3.05, 3.63) is 41.1 Å². The number of aromatic nitrogens is 1. The Kier molecular flexibility index (Phi) is 5.20. The molecule has 0 saturated carbocycles. The quantitative estimate of drug-likeness (QED) is 0.863. The van der Waals surface area contributed by atoms with Crippen LogP contribution in [0.15, 0.2) is 24.3 Å². The molecule has 2 N–H and O–H groups in total. The van der Waals surface area contributed by atoms with Crippen LogP contribution >= 0.6 is 0 Å². The van der Waals surface area contributed by atoms with Crippen LogP contribution in [-0.4, -0.2) is 51.2 Å². The number of hydrogen-bond donors (Lipinski definition) is 2. The van der Waals surface area contributed by atoms with Crippen molar-refractivity contribution < 1.29 is 19.8 Å². The number of aliphatic carboxylic acids is 1. The number of rotatable bonds is 4. The predicted octanol–water partition coefficient (Wildman–Crippen LogP) is 2.93. The van der Waals surface area contributed by atoms with Crippen LogP contribution in [0.5, 0.6) is 0 Å². The number of aliphatic hydroxyl groups is 1. The van der Waals surface area contributed by atoms with Crippen molar-refractivity contribution in [1.29, 1.82) is 0 Å². The van der Waals surface area contributed by atoms with Gasteiger partial charge in [-0.25, -0.2) is 0 Å². The van der Waals surface area contributed by atoms with E-state index in [2.05, 4.69) is 4.98 Å². The summed E-state index contributed by atoms with van der Waals surface area (Å²) in [7, 11) is 0. The van der Waals surface area contributed by atoms with Crippen LogP contribution in [0.4, 0.5) is 0 Å². The first-order chi connectivity index (χ1) is 12.8. The van der Waals surface area contributed by atoms with Crippen molar-refractivity contribution in [2.75, 3.05) is 13.1 Å². The number of hydrogen-bond acceptors (Lipinski definition) is 4. The third-order valence-corrected chi connectivity index (χ3v) is 5.59. The second-order valence-corrected chi connectivity index (χ2v) is 7.52. The van der Waals surface area contributed by atoms with E-state index in [9.17, 15) is 19.8 Å². The van der Waals surface area contributed by atoms with Gasteiger partial charge in [0.15, 0.2) is 0 Å². The van der Waals surface area contributed by atoms with Crippen LogP contribution in [-0.2, 0) is 4.79 Å². The molecule has 1 aliphatic rings. The molecule has 6 heteroatoms. The normalized spacial score (nSPS) is 22.8. The Labute approximate surface area is 158 Å². The summed E-state index contributed by atoms with van der Waals surface area (Å²) in [5, 5.41) is 21.0. The average Bonchev–Trinajstić information content (AvgIpc) is 2.63. The summed E-state index contributed by atoms with van der Waals surface area (Å²) in [5.41, 5.74) is 1.75. The zero-order valence-corrected chi connectivity index (χ0v) is 16.0. The number of benzene rings is 1. The summed E-state index contributed by atoms with van der Waals surface area (Å²) < 4.78 is 0. The zero-order valence-electron chi connectivity index (χ0n) is 16.0. The van der Waals surface area contributed by atoms with Crippen molar-refractivity contribution in [1.82, 2.24) is 9.88 Å². The fourth-order valence-electron chi connectivity index (χ4n) is 4.13. The van der Waals surface area contributed by atoms with Crippen LogP contribution in [0.1, 0.15) is 47.8 Å². The van der Waals surface area contributed by atoms with Gasteiger partial charge in [-0.1, -0.05) is 31.5 Å². The number of amides is 1. The second-order valence-electron chi connectivity index (χ2n) is 7.52. The first kappa shape index (κ1) is 19.3. The van der Waals surface area contributed by atoms with Crippen LogP contribution in [0, 0.1) is 19.3 Å². The zero-order chi connectivity index (χ0) is 19.8. The molecule has 0 unspecified atom stereocenters. The van der Waals surface area contributed by atoms with Crippen LogP contribution in [0.25, 0.3) is 10.9 Å². The maximum atomic E-state index is 13.3. The Bertz CT molecular complexity index is 895. The SMILES string of the molecule is CCC[C@@]1(C(=O)O)CN(C(=O)c2cc(C)nc3c(C)cccc23)CC[C@@H]1O. The van der Waals surface area contributed by atoms with Gasteiger partial charge in [-0.3, -0.25) is 14.6 Å². The van der Waals surface area contributed by atoms with Gasteiger partial charge in [0, 0.05) is 24.2 Å². The third-order valence-electron chi connectivity index (χ3n) is 5.59. The van der Waals surface area contributed by atoms with Crippen molar-refractivity contribution in [3.63, 3.8) is 0 Å². The number of carbonyl (C=O) groups excluding carboxylic acids is 1. The summed E-state index contributed by atoms with van der Waals surface area (Å²) in [4.78, 5) is 31.4. The summed E-state index contributed by atoms with van der Waals surface area (Å²) in [6.45, 7) is 6.05.